The number of carbonyl (C=O) groups excluding carboxylic acids is 1. The molecule has 4 rings (SSSR count). The second-order valence-corrected chi connectivity index (χ2v) is 6.04. The number of rotatable bonds is 4. The van der Waals surface area contributed by atoms with Crippen molar-refractivity contribution in [3.63, 3.8) is 0 Å². The molecular formula is C17H13F2N3O5. The molecule has 0 amide bonds. The molecule has 1 aliphatic carbocycles. The van der Waals surface area contributed by atoms with Crippen LogP contribution in [-0.2, 0) is 15.2 Å². The highest BCUT2D eigenvalue weighted by Crippen LogP contribution is 2.68. The standard InChI is InChI=1S/C17H13F2N3O5/c18-14-16(19)12(26-13(24)9-4-2-1-3-5-9)10(8-23)27-17(14,16)22-7-6-11(20)21-15(22)25/h1-7,14,23H,8H2,(H2,20,21,25)/t14?,16?,17-/m0/s1. The van der Waals surface area contributed by atoms with Crippen LogP contribution in [0.25, 0.3) is 0 Å². The molecule has 2 aliphatic rings. The summed E-state index contributed by atoms with van der Waals surface area (Å²) in [5.41, 5.74) is -0.997. The monoisotopic (exact) mass is 377 g/mol. The molecule has 2 heterocycles. The van der Waals surface area contributed by atoms with Crippen molar-refractivity contribution in [2.75, 3.05) is 12.3 Å². The van der Waals surface area contributed by atoms with Crippen LogP contribution in [0.1, 0.15) is 10.4 Å². The number of nitrogens with two attached hydrogens (primary N) is 1. The topological polar surface area (TPSA) is 117 Å². The number of halogens is 2. The van der Waals surface area contributed by atoms with Crippen molar-refractivity contribution in [3.05, 3.63) is 70.2 Å². The van der Waals surface area contributed by atoms with E-state index in [1.807, 2.05) is 0 Å². The van der Waals surface area contributed by atoms with Crippen molar-refractivity contribution in [3.8, 4) is 0 Å². The van der Waals surface area contributed by atoms with E-state index in [1.54, 1.807) is 18.2 Å². The fourth-order valence-corrected chi connectivity index (χ4v) is 3.18. The van der Waals surface area contributed by atoms with Crippen LogP contribution in [0.15, 0.2) is 58.9 Å². The van der Waals surface area contributed by atoms with Crippen LogP contribution in [0, 0.1) is 0 Å². The van der Waals surface area contributed by atoms with E-state index in [9.17, 15) is 19.1 Å². The molecule has 1 aromatic carbocycles. The Balaban J connectivity index is 1.73. The number of aromatic nitrogens is 2. The first-order valence-electron chi connectivity index (χ1n) is 7.85. The Hall–Kier alpha value is -3.27. The Morgan fingerprint density at radius 3 is 2.70 bits per heavy atom. The largest absolute Gasteiger partial charge is 0.458 e. The van der Waals surface area contributed by atoms with E-state index in [1.165, 1.54) is 12.1 Å². The lowest BCUT2D eigenvalue weighted by molar-refractivity contribution is -0.0157. The van der Waals surface area contributed by atoms with Gasteiger partial charge in [0.2, 0.25) is 6.17 Å². The van der Waals surface area contributed by atoms with Gasteiger partial charge in [0.25, 0.3) is 11.4 Å². The summed E-state index contributed by atoms with van der Waals surface area (Å²) in [7, 11) is 0. The van der Waals surface area contributed by atoms with Gasteiger partial charge in [-0.1, -0.05) is 18.2 Å². The molecule has 0 bridgehead atoms. The first-order valence-corrected chi connectivity index (χ1v) is 7.85. The number of nitrogens with zero attached hydrogens (tertiary/aromatic N) is 2. The van der Waals surface area contributed by atoms with Gasteiger partial charge in [0.05, 0.1) is 5.56 Å². The average Bonchev–Trinajstić information content (AvgIpc) is 3.00. The van der Waals surface area contributed by atoms with Gasteiger partial charge in [-0.3, -0.25) is 4.57 Å². The number of carbonyl (C=O) groups is 1. The predicted octanol–water partition coefficient (Wildman–Crippen LogP) is 0.629. The maximum atomic E-state index is 15.5. The Morgan fingerprint density at radius 1 is 1.37 bits per heavy atom. The van der Waals surface area contributed by atoms with Crippen LogP contribution in [0.4, 0.5) is 14.6 Å². The molecule has 1 saturated carbocycles. The fourth-order valence-electron chi connectivity index (χ4n) is 3.18. The van der Waals surface area contributed by atoms with E-state index in [2.05, 4.69) is 4.98 Å². The van der Waals surface area contributed by atoms with Gasteiger partial charge in [-0.15, -0.1) is 0 Å². The summed E-state index contributed by atoms with van der Waals surface area (Å²) in [6.07, 6.45) is -1.34. The van der Waals surface area contributed by atoms with Gasteiger partial charge < -0.3 is 20.3 Å². The summed E-state index contributed by atoms with van der Waals surface area (Å²) < 4.78 is 41.0. The minimum Gasteiger partial charge on any atom is -0.458 e. The zero-order chi connectivity index (χ0) is 19.4. The van der Waals surface area contributed by atoms with E-state index < -0.39 is 47.3 Å². The average molecular weight is 377 g/mol. The molecule has 0 saturated heterocycles. The number of nitrogen functional groups attached to an aromatic ring is 1. The number of hydrogen-bond acceptors (Lipinski definition) is 7. The summed E-state index contributed by atoms with van der Waals surface area (Å²) in [6.45, 7) is -0.866. The number of aliphatic hydroxyl groups is 1. The normalized spacial score (nSPS) is 28.5. The molecular weight excluding hydrogens is 364 g/mol. The van der Waals surface area contributed by atoms with Gasteiger partial charge >= 0.3 is 11.7 Å². The number of esters is 1. The molecule has 2 unspecified atom stereocenters. The lowest BCUT2D eigenvalue weighted by Crippen LogP contribution is -2.37. The van der Waals surface area contributed by atoms with Crippen LogP contribution in [0.2, 0.25) is 0 Å². The number of fused-ring (bicyclic) bond motifs is 1. The quantitative estimate of drug-likeness (QED) is 0.751. The molecule has 3 atom stereocenters. The Kier molecular flexibility index (Phi) is 3.57. The summed E-state index contributed by atoms with van der Waals surface area (Å²) in [4.78, 5) is 27.7. The van der Waals surface area contributed by atoms with Crippen LogP contribution >= 0.6 is 0 Å². The molecule has 0 spiro atoms. The number of benzene rings is 1. The highest BCUT2D eigenvalue weighted by molar-refractivity contribution is 5.90. The van der Waals surface area contributed by atoms with E-state index in [-0.39, 0.29) is 11.4 Å². The minimum absolute atomic E-state index is 0.0887. The van der Waals surface area contributed by atoms with Crippen molar-refractivity contribution < 1.29 is 28.2 Å². The second kappa shape index (κ2) is 5.61. The number of anilines is 1. The maximum absolute atomic E-state index is 15.5. The van der Waals surface area contributed by atoms with Crippen LogP contribution in [0.5, 0.6) is 0 Å². The van der Waals surface area contributed by atoms with Crippen LogP contribution < -0.4 is 11.4 Å². The van der Waals surface area contributed by atoms with Crippen molar-refractivity contribution in [2.24, 2.45) is 0 Å². The smallest absolute Gasteiger partial charge is 0.352 e. The highest BCUT2D eigenvalue weighted by Gasteiger charge is 2.92. The van der Waals surface area contributed by atoms with Gasteiger partial charge in [-0.05, 0) is 18.2 Å². The second-order valence-electron chi connectivity index (χ2n) is 6.04. The van der Waals surface area contributed by atoms with Crippen molar-refractivity contribution >= 4 is 11.8 Å². The van der Waals surface area contributed by atoms with Gasteiger partial charge in [0.15, 0.2) is 11.5 Å². The van der Waals surface area contributed by atoms with Gasteiger partial charge in [0, 0.05) is 6.20 Å². The van der Waals surface area contributed by atoms with Crippen molar-refractivity contribution in [1.29, 1.82) is 0 Å². The molecule has 1 fully saturated rings. The predicted molar refractivity (Wildman–Crippen MR) is 86.7 cm³/mol. The number of aliphatic hydroxyl groups excluding tert-OH is 1. The third kappa shape index (κ3) is 2.13. The molecule has 2 aromatic rings. The molecule has 3 N–H and O–H groups in total. The van der Waals surface area contributed by atoms with E-state index in [0.717, 1.165) is 12.3 Å². The van der Waals surface area contributed by atoms with E-state index in [0.29, 0.717) is 4.57 Å². The van der Waals surface area contributed by atoms with Crippen LogP contribution in [-0.4, -0.2) is 39.1 Å². The van der Waals surface area contributed by atoms with Crippen molar-refractivity contribution in [2.45, 2.75) is 17.6 Å². The Bertz CT molecular complexity index is 1020. The summed E-state index contributed by atoms with van der Waals surface area (Å²) in [5.74, 6) is -2.40. The van der Waals surface area contributed by atoms with E-state index >= 15 is 4.39 Å². The molecule has 10 heteroatoms. The van der Waals surface area contributed by atoms with Gasteiger partial charge in [0.1, 0.15) is 12.4 Å². The summed E-state index contributed by atoms with van der Waals surface area (Å²) in [5, 5.41) is 9.45. The minimum atomic E-state index is -2.98. The van der Waals surface area contributed by atoms with Crippen LogP contribution in [0.3, 0.4) is 0 Å². The van der Waals surface area contributed by atoms with Crippen molar-refractivity contribution in [1.82, 2.24) is 9.55 Å². The molecule has 0 radical (unpaired) electrons. The summed E-state index contributed by atoms with van der Waals surface area (Å²) in [6, 6.07) is 8.79. The lowest BCUT2D eigenvalue weighted by Gasteiger charge is -2.17. The SMILES string of the molecule is Nc1ccn([C@@]23OC(CO)=C(OC(=O)c4ccccc4)C2(F)C3F)c(=O)n1. The molecule has 1 aliphatic heterocycles. The first kappa shape index (κ1) is 17.2. The lowest BCUT2D eigenvalue weighted by atomic mass is 10.2. The molecule has 8 nitrogen and oxygen atoms in total. The zero-order valence-electron chi connectivity index (χ0n) is 13.6. The summed E-state index contributed by atoms with van der Waals surface area (Å²) >= 11 is 0. The fraction of sp³-hybridized carbons (Fsp3) is 0.235. The molecule has 27 heavy (non-hydrogen) atoms. The zero-order valence-corrected chi connectivity index (χ0v) is 13.6. The number of ether oxygens (including phenoxy) is 2. The number of alkyl halides is 2. The van der Waals surface area contributed by atoms with Gasteiger partial charge in [-0.2, -0.15) is 4.98 Å². The highest BCUT2D eigenvalue weighted by atomic mass is 19.2. The third-order valence-corrected chi connectivity index (χ3v) is 4.52. The third-order valence-electron chi connectivity index (χ3n) is 4.52. The Labute approximate surface area is 150 Å². The van der Waals surface area contributed by atoms with E-state index in [4.69, 9.17) is 15.2 Å². The Morgan fingerprint density at radius 2 is 2.07 bits per heavy atom. The molecule has 1 aromatic heterocycles. The molecule has 140 valence electrons. The maximum Gasteiger partial charge on any atom is 0.352 e. The number of hydrogen-bond donors (Lipinski definition) is 2. The van der Waals surface area contributed by atoms with Gasteiger partial charge in [-0.25, -0.2) is 18.4 Å². The first-order chi connectivity index (χ1) is 12.9.